The molecule has 82 valence electrons. The maximum absolute atomic E-state index is 12.0. The molecular weight excluding hydrogens is 204 g/mol. The lowest BCUT2D eigenvalue weighted by Gasteiger charge is -2.06. The summed E-state index contributed by atoms with van der Waals surface area (Å²) >= 11 is 0. The summed E-state index contributed by atoms with van der Waals surface area (Å²) in [6.07, 6.45) is 0. The molecule has 2 rings (SSSR count). The number of aryl methyl sites for hydroxylation is 1. The predicted octanol–water partition coefficient (Wildman–Crippen LogP) is 1.29. The predicted molar refractivity (Wildman–Crippen MR) is 61.4 cm³/mol. The fraction of sp³-hybridized carbons (Fsp3) is 0.250. The van der Waals surface area contributed by atoms with E-state index in [0.29, 0.717) is 5.39 Å². The Hall–Kier alpha value is -1.97. The molecule has 0 aliphatic rings. The van der Waals surface area contributed by atoms with Crippen LogP contribution in [0.1, 0.15) is 12.6 Å². The van der Waals surface area contributed by atoms with E-state index in [4.69, 9.17) is 0 Å². The molecule has 0 radical (unpaired) electrons. The van der Waals surface area contributed by atoms with Gasteiger partial charge in [-0.3, -0.25) is 9.59 Å². The molecule has 0 bridgehead atoms. The Labute approximate surface area is 92.5 Å². The Morgan fingerprint density at radius 1 is 1.31 bits per heavy atom. The number of rotatable bonds is 2. The van der Waals surface area contributed by atoms with Crippen molar-refractivity contribution >= 4 is 16.6 Å². The van der Waals surface area contributed by atoms with Crippen molar-refractivity contribution in [3.8, 4) is 0 Å². The van der Waals surface area contributed by atoms with Gasteiger partial charge in [0.1, 0.15) is 6.54 Å². The van der Waals surface area contributed by atoms with Gasteiger partial charge in [-0.1, -0.05) is 18.2 Å². The van der Waals surface area contributed by atoms with E-state index in [1.807, 2.05) is 19.1 Å². The van der Waals surface area contributed by atoms with Crippen molar-refractivity contribution in [1.29, 1.82) is 0 Å². The molecule has 0 N–H and O–H groups in total. The van der Waals surface area contributed by atoms with E-state index in [9.17, 15) is 9.59 Å². The fourth-order valence-electron chi connectivity index (χ4n) is 1.72. The van der Waals surface area contributed by atoms with Crippen molar-refractivity contribution < 1.29 is 4.79 Å². The van der Waals surface area contributed by atoms with Crippen molar-refractivity contribution in [2.24, 2.45) is 0 Å². The van der Waals surface area contributed by atoms with Crippen LogP contribution in [0.25, 0.3) is 10.8 Å². The van der Waals surface area contributed by atoms with E-state index in [0.717, 1.165) is 11.1 Å². The molecule has 16 heavy (non-hydrogen) atoms. The molecule has 4 nitrogen and oxygen atoms in total. The molecule has 0 unspecified atom stereocenters. The highest BCUT2D eigenvalue weighted by Crippen LogP contribution is 2.11. The van der Waals surface area contributed by atoms with Crippen LogP contribution >= 0.6 is 0 Å². The molecule has 0 fully saturated rings. The van der Waals surface area contributed by atoms with Gasteiger partial charge in [0.25, 0.3) is 5.56 Å². The number of fused-ring (bicyclic) bond motifs is 1. The van der Waals surface area contributed by atoms with E-state index < -0.39 is 0 Å². The third-order valence-electron chi connectivity index (χ3n) is 2.42. The molecule has 1 aromatic heterocycles. The van der Waals surface area contributed by atoms with Crippen molar-refractivity contribution in [2.75, 3.05) is 0 Å². The zero-order valence-corrected chi connectivity index (χ0v) is 9.23. The lowest BCUT2D eigenvalue weighted by atomic mass is 10.1. The molecular formula is C12H12N2O2. The van der Waals surface area contributed by atoms with E-state index in [-0.39, 0.29) is 17.9 Å². The molecule has 0 spiro atoms. The first-order valence-corrected chi connectivity index (χ1v) is 5.05. The Morgan fingerprint density at radius 2 is 1.94 bits per heavy atom. The molecule has 0 saturated carbocycles. The minimum Gasteiger partial charge on any atom is -0.298 e. The molecule has 4 heteroatoms. The van der Waals surface area contributed by atoms with E-state index in [2.05, 4.69) is 5.10 Å². The molecule has 0 saturated heterocycles. The third-order valence-corrected chi connectivity index (χ3v) is 2.42. The van der Waals surface area contributed by atoms with Gasteiger partial charge in [0.15, 0.2) is 5.78 Å². The van der Waals surface area contributed by atoms with Gasteiger partial charge in [-0.15, -0.1) is 0 Å². The summed E-state index contributed by atoms with van der Waals surface area (Å²) in [6.45, 7) is 3.31. The summed E-state index contributed by atoms with van der Waals surface area (Å²) in [4.78, 5) is 23.0. The van der Waals surface area contributed by atoms with Crippen molar-refractivity contribution in [3.05, 3.63) is 40.3 Å². The summed E-state index contributed by atoms with van der Waals surface area (Å²) in [5.41, 5.74) is 0.549. The fourth-order valence-corrected chi connectivity index (χ4v) is 1.72. The SMILES string of the molecule is CC(=O)Cn1nc(C)c2ccccc2c1=O. The Balaban J connectivity index is 2.75. The van der Waals surface area contributed by atoms with Gasteiger partial charge in [-0.2, -0.15) is 5.10 Å². The van der Waals surface area contributed by atoms with Crippen molar-refractivity contribution in [2.45, 2.75) is 20.4 Å². The highest BCUT2D eigenvalue weighted by molar-refractivity contribution is 5.83. The number of hydrogen-bond acceptors (Lipinski definition) is 3. The monoisotopic (exact) mass is 216 g/mol. The minimum absolute atomic E-state index is 0.0322. The number of benzene rings is 1. The van der Waals surface area contributed by atoms with Crippen LogP contribution in [0.2, 0.25) is 0 Å². The van der Waals surface area contributed by atoms with Crippen molar-refractivity contribution in [1.82, 2.24) is 9.78 Å². The molecule has 2 aromatic rings. The van der Waals surface area contributed by atoms with E-state index >= 15 is 0 Å². The maximum atomic E-state index is 12.0. The smallest absolute Gasteiger partial charge is 0.275 e. The summed E-state index contributed by atoms with van der Waals surface area (Å²) in [6, 6.07) is 7.28. The van der Waals surface area contributed by atoms with Gasteiger partial charge in [0, 0.05) is 5.39 Å². The van der Waals surface area contributed by atoms with Crippen LogP contribution in [0, 0.1) is 6.92 Å². The van der Waals surface area contributed by atoms with Crippen LogP contribution in [-0.2, 0) is 11.3 Å². The largest absolute Gasteiger partial charge is 0.298 e. The number of nitrogens with zero attached hydrogens (tertiary/aromatic N) is 2. The van der Waals surface area contributed by atoms with Crippen LogP contribution in [0.3, 0.4) is 0 Å². The van der Waals surface area contributed by atoms with Crippen LogP contribution < -0.4 is 5.56 Å². The molecule has 0 atom stereocenters. The van der Waals surface area contributed by atoms with E-state index in [1.54, 1.807) is 12.1 Å². The first kappa shape index (κ1) is 10.5. The van der Waals surface area contributed by atoms with Gasteiger partial charge in [-0.05, 0) is 19.9 Å². The number of carbonyl (C=O) groups is 1. The highest BCUT2D eigenvalue weighted by Gasteiger charge is 2.07. The van der Waals surface area contributed by atoms with Gasteiger partial charge in [0.05, 0.1) is 11.1 Å². The van der Waals surface area contributed by atoms with Gasteiger partial charge in [0.2, 0.25) is 0 Å². The first-order chi connectivity index (χ1) is 7.59. The maximum Gasteiger partial charge on any atom is 0.275 e. The van der Waals surface area contributed by atoms with Gasteiger partial charge in [-0.25, -0.2) is 4.68 Å². The highest BCUT2D eigenvalue weighted by atomic mass is 16.1. The van der Waals surface area contributed by atoms with Crippen LogP contribution in [0.15, 0.2) is 29.1 Å². The normalized spacial score (nSPS) is 10.6. The minimum atomic E-state index is -0.212. The summed E-state index contributed by atoms with van der Waals surface area (Å²) in [5, 5.41) is 5.57. The second-order valence-corrected chi connectivity index (χ2v) is 3.80. The third kappa shape index (κ3) is 1.74. The van der Waals surface area contributed by atoms with Crippen molar-refractivity contribution in [3.63, 3.8) is 0 Å². The number of hydrogen-bond donors (Lipinski definition) is 0. The first-order valence-electron chi connectivity index (χ1n) is 5.05. The number of Topliss-reactive ketones (excluding diaryl/α,β-unsaturated/α-hetero) is 1. The quantitative estimate of drug-likeness (QED) is 0.760. The zero-order valence-electron chi connectivity index (χ0n) is 9.23. The zero-order chi connectivity index (χ0) is 11.7. The Morgan fingerprint density at radius 3 is 2.56 bits per heavy atom. The van der Waals surface area contributed by atoms with Crippen LogP contribution in [0.4, 0.5) is 0 Å². The molecule has 0 aliphatic carbocycles. The summed E-state index contributed by atoms with van der Waals surface area (Å²) in [7, 11) is 0. The lowest BCUT2D eigenvalue weighted by molar-refractivity contribution is -0.117. The Bertz CT molecular complexity index is 614. The molecule has 1 aromatic carbocycles. The lowest BCUT2D eigenvalue weighted by Crippen LogP contribution is -2.26. The number of aromatic nitrogens is 2. The average Bonchev–Trinajstić information content (AvgIpc) is 2.25. The van der Waals surface area contributed by atoms with Gasteiger partial charge >= 0.3 is 0 Å². The second-order valence-electron chi connectivity index (χ2n) is 3.80. The Kier molecular flexibility index (Phi) is 2.56. The summed E-state index contributed by atoms with van der Waals surface area (Å²) < 4.78 is 1.22. The average molecular weight is 216 g/mol. The number of carbonyl (C=O) groups excluding carboxylic acids is 1. The van der Waals surface area contributed by atoms with E-state index in [1.165, 1.54) is 11.6 Å². The topological polar surface area (TPSA) is 52.0 Å². The van der Waals surface area contributed by atoms with Crippen LogP contribution in [-0.4, -0.2) is 15.6 Å². The van der Waals surface area contributed by atoms with Crippen LogP contribution in [0.5, 0.6) is 0 Å². The molecule has 1 heterocycles. The standard InChI is InChI=1S/C12H12N2O2/c1-8(15)7-14-12(16)11-6-4-3-5-10(11)9(2)13-14/h3-6H,7H2,1-2H3. The van der Waals surface area contributed by atoms with Gasteiger partial charge < -0.3 is 0 Å². The second kappa shape index (κ2) is 3.89. The molecule has 0 aliphatic heterocycles. The summed E-state index contributed by atoms with van der Waals surface area (Å²) in [5.74, 6) is -0.0794. The number of ketones is 1. The molecule has 0 amide bonds.